The summed E-state index contributed by atoms with van der Waals surface area (Å²) in [5.41, 5.74) is 1.35. The summed E-state index contributed by atoms with van der Waals surface area (Å²) in [6.07, 6.45) is 0.808. The van der Waals surface area contributed by atoms with Crippen molar-refractivity contribution in [3.63, 3.8) is 0 Å². The van der Waals surface area contributed by atoms with Crippen LogP contribution in [0.25, 0.3) is 0 Å². The molecule has 6 amide bonds. The van der Waals surface area contributed by atoms with E-state index in [4.69, 9.17) is 4.74 Å². The van der Waals surface area contributed by atoms with Gasteiger partial charge in [0.25, 0.3) is 5.91 Å². The molecule has 0 spiro atoms. The van der Waals surface area contributed by atoms with Crippen LogP contribution >= 0.6 is 0 Å². The van der Waals surface area contributed by atoms with E-state index in [0.29, 0.717) is 6.42 Å². The van der Waals surface area contributed by atoms with Crippen molar-refractivity contribution in [3.8, 4) is 0 Å². The highest BCUT2D eigenvalue weighted by atomic mass is 16.6. The summed E-state index contributed by atoms with van der Waals surface area (Å²) in [4.78, 5) is 76.2. The monoisotopic (exact) mass is 741 g/mol. The molecule has 3 aliphatic rings. The van der Waals surface area contributed by atoms with Gasteiger partial charge in [-0.2, -0.15) is 0 Å². The van der Waals surface area contributed by atoms with Crippen LogP contribution in [0.1, 0.15) is 148 Å². The van der Waals surface area contributed by atoms with Crippen LogP contribution in [0.2, 0.25) is 0 Å². The van der Waals surface area contributed by atoms with Gasteiger partial charge < -0.3 is 15.0 Å². The number of ether oxygens (including phenoxy) is 1. The van der Waals surface area contributed by atoms with Crippen molar-refractivity contribution in [2.45, 2.75) is 166 Å². The fraction of sp³-hybridized carbons (Fsp3) is 0.714. The maximum atomic E-state index is 12.6. The summed E-state index contributed by atoms with van der Waals surface area (Å²) >= 11 is 0. The number of fused-ring (bicyclic) bond motifs is 1. The fourth-order valence-corrected chi connectivity index (χ4v) is 6.87. The molecule has 0 radical (unpaired) electrons. The third-order valence-corrected chi connectivity index (χ3v) is 9.36. The first kappa shape index (κ1) is 45.4. The third kappa shape index (κ3) is 11.9. The number of nitrogens with one attached hydrogen (secondary N) is 1. The van der Waals surface area contributed by atoms with E-state index in [9.17, 15) is 28.8 Å². The van der Waals surface area contributed by atoms with E-state index in [1.807, 2.05) is 61.5 Å². The van der Waals surface area contributed by atoms with Crippen LogP contribution in [-0.4, -0.2) is 80.1 Å². The number of benzene rings is 1. The summed E-state index contributed by atoms with van der Waals surface area (Å²) in [5, 5.41) is 2.71. The standard InChI is InChI=1S/C17H25NO.C15H25NO4.C10H18N2O2/c1-16(2,3)15-13-10-8-7-9-12(13)11-14(19)18(15)17(4,5)6;1-14(2,3)10-9-11(17)16(13(10)19)8-7-12(18)20-15(4,5)6;1-6(2)12-8(13)7(10(3,4)5)11-9(12)14/h7-10,15H,11H2,1-6H3;10H,7-9H2,1-6H3;6-7H,1-5H3,(H,11,14). The van der Waals surface area contributed by atoms with E-state index in [1.165, 1.54) is 20.9 Å². The first-order valence-electron chi connectivity index (χ1n) is 18.9. The number of carbonyl (C=O) groups excluding carboxylic acids is 6. The quantitative estimate of drug-likeness (QED) is 0.193. The molecule has 3 unspecified atom stereocenters. The average Bonchev–Trinajstić information content (AvgIpc) is 3.43. The summed E-state index contributed by atoms with van der Waals surface area (Å²) in [6.45, 7) is 33.8. The number of hydrogen-bond donors (Lipinski definition) is 1. The molecule has 1 aromatic carbocycles. The van der Waals surface area contributed by atoms with Crippen molar-refractivity contribution in [2.75, 3.05) is 6.54 Å². The summed E-state index contributed by atoms with van der Waals surface area (Å²) in [6, 6.07) is 7.77. The molecule has 11 nitrogen and oxygen atoms in total. The van der Waals surface area contributed by atoms with Crippen molar-refractivity contribution in [1.82, 2.24) is 20.0 Å². The average molecular weight is 741 g/mol. The van der Waals surface area contributed by atoms with Gasteiger partial charge in [-0.25, -0.2) is 4.79 Å². The number of hydrogen-bond acceptors (Lipinski definition) is 7. The van der Waals surface area contributed by atoms with Crippen molar-refractivity contribution in [3.05, 3.63) is 35.4 Å². The van der Waals surface area contributed by atoms with Gasteiger partial charge in [-0.3, -0.25) is 33.8 Å². The Kier molecular flexibility index (Phi) is 14.0. The minimum atomic E-state index is -0.552. The second kappa shape index (κ2) is 16.3. The molecule has 3 aliphatic heterocycles. The molecule has 11 heteroatoms. The van der Waals surface area contributed by atoms with E-state index in [2.05, 4.69) is 70.0 Å². The predicted molar refractivity (Wildman–Crippen MR) is 207 cm³/mol. The first-order chi connectivity index (χ1) is 23.8. The van der Waals surface area contributed by atoms with Crippen LogP contribution in [0.15, 0.2) is 24.3 Å². The Morgan fingerprint density at radius 3 is 1.72 bits per heavy atom. The summed E-state index contributed by atoms with van der Waals surface area (Å²) in [7, 11) is 0. The van der Waals surface area contributed by atoms with Crippen LogP contribution in [0.3, 0.4) is 0 Å². The zero-order chi connectivity index (χ0) is 41.2. The Morgan fingerprint density at radius 1 is 0.774 bits per heavy atom. The number of amides is 6. The highest BCUT2D eigenvalue weighted by Gasteiger charge is 2.46. The molecule has 0 aromatic heterocycles. The Bertz CT molecular complexity index is 1530. The van der Waals surface area contributed by atoms with Crippen molar-refractivity contribution >= 4 is 35.6 Å². The molecule has 0 bridgehead atoms. The van der Waals surface area contributed by atoms with Gasteiger partial charge in [-0.05, 0) is 82.8 Å². The lowest BCUT2D eigenvalue weighted by atomic mass is 9.75. The topological polar surface area (TPSA) is 133 Å². The Labute approximate surface area is 318 Å². The maximum Gasteiger partial charge on any atom is 0.325 e. The zero-order valence-electron chi connectivity index (χ0n) is 35.6. The van der Waals surface area contributed by atoms with Gasteiger partial charge in [-0.15, -0.1) is 0 Å². The smallest absolute Gasteiger partial charge is 0.325 e. The SMILES string of the molecule is CC(C)(C)C1c2ccccc2CC(=O)N1C(C)(C)C.CC(C)(C)OC(=O)CCN1C(=O)CC(C(C)(C)C)C1=O.CC(C)N1C(=O)NC(C(C)(C)C)C1=O. The van der Waals surface area contributed by atoms with Gasteiger partial charge >= 0.3 is 12.0 Å². The van der Waals surface area contributed by atoms with E-state index in [1.54, 1.807) is 20.8 Å². The molecule has 2 fully saturated rings. The fourth-order valence-electron chi connectivity index (χ4n) is 6.87. The Balaban J connectivity index is 0.000000280. The normalized spacial score (nSPS) is 21.2. The van der Waals surface area contributed by atoms with E-state index in [-0.39, 0.29) is 88.8 Å². The minimum absolute atomic E-state index is 0.0272. The van der Waals surface area contributed by atoms with Crippen LogP contribution in [0, 0.1) is 22.2 Å². The van der Waals surface area contributed by atoms with Gasteiger partial charge in [0.1, 0.15) is 11.6 Å². The molecule has 1 N–H and O–H groups in total. The number of esters is 1. The predicted octanol–water partition coefficient (Wildman–Crippen LogP) is 7.46. The van der Waals surface area contributed by atoms with Gasteiger partial charge in [0.05, 0.1) is 24.8 Å². The van der Waals surface area contributed by atoms with Gasteiger partial charge in [0.2, 0.25) is 17.7 Å². The minimum Gasteiger partial charge on any atom is -0.460 e. The van der Waals surface area contributed by atoms with Crippen molar-refractivity contribution < 1.29 is 33.5 Å². The summed E-state index contributed by atoms with van der Waals surface area (Å²) < 4.78 is 5.17. The first-order valence-corrected chi connectivity index (χ1v) is 18.9. The molecule has 298 valence electrons. The van der Waals surface area contributed by atoms with Crippen molar-refractivity contribution in [1.29, 1.82) is 0 Å². The lowest BCUT2D eigenvalue weighted by molar-refractivity contribution is -0.155. The molecule has 1 aromatic rings. The lowest BCUT2D eigenvalue weighted by Gasteiger charge is -2.50. The van der Waals surface area contributed by atoms with E-state index in [0.717, 1.165) is 0 Å². The second-order valence-corrected chi connectivity index (χ2v) is 20.0. The Hall–Kier alpha value is -3.76. The van der Waals surface area contributed by atoms with Crippen molar-refractivity contribution in [2.24, 2.45) is 22.2 Å². The second-order valence-electron chi connectivity index (χ2n) is 20.0. The van der Waals surface area contributed by atoms with Gasteiger partial charge in [0, 0.05) is 24.5 Å². The number of urea groups is 1. The lowest BCUT2D eigenvalue weighted by Crippen LogP contribution is -2.54. The van der Waals surface area contributed by atoms with E-state index >= 15 is 0 Å². The number of nitrogens with zero attached hydrogens (tertiary/aromatic N) is 3. The highest BCUT2D eigenvalue weighted by Crippen LogP contribution is 2.45. The number of rotatable bonds is 4. The summed E-state index contributed by atoms with van der Waals surface area (Å²) in [5.74, 6) is -0.931. The molecular formula is C42H68N4O7. The Morgan fingerprint density at radius 2 is 1.32 bits per heavy atom. The van der Waals surface area contributed by atoms with Crippen LogP contribution in [0.4, 0.5) is 4.79 Å². The maximum absolute atomic E-state index is 12.6. The molecule has 2 saturated heterocycles. The van der Waals surface area contributed by atoms with Crippen LogP contribution in [-0.2, 0) is 35.1 Å². The van der Waals surface area contributed by atoms with Gasteiger partial charge in [0.15, 0.2) is 0 Å². The van der Waals surface area contributed by atoms with Crippen LogP contribution in [0.5, 0.6) is 0 Å². The number of carbonyl (C=O) groups is 6. The number of imide groups is 2. The highest BCUT2D eigenvalue weighted by molar-refractivity contribution is 6.05. The molecule has 4 rings (SSSR count). The van der Waals surface area contributed by atoms with Crippen LogP contribution < -0.4 is 5.32 Å². The third-order valence-electron chi connectivity index (χ3n) is 9.36. The molecule has 3 atom stereocenters. The van der Waals surface area contributed by atoms with E-state index < -0.39 is 17.6 Å². The molecule has 3 heterocycles. The van der Waals surface area contributed by atoms with Gasteiger partial charge in [-0.1, -0.05) is 86.6 Å². The molecule has 0 saturated carbocycles. The zero-order valence-corrected chi connectivity index (χ0v) is 35.6. The number of likely N-dealkylation sites (tertiary alicyclic amines) is 1. The molecular weight excluding hydrogens is 672 g/mol. The molecule has 53 heavy (non-hydrogen) atoms. The largest absolute Gasteiger partial charge is 0.460 e. The molecule has 0 aliphatic carbocycles.